The number of nitrogens with one attached hydrogen (secondary N) is 1. The molecule has 0 aliphatic heterocycles. The third-order valence-corrected chi connectivity index (χ3v) is 4.32. The van der Waals surface area contributed by atoms with Gasteiger partial charge in [-0.2, -0.15) is 5.10 Å². The Hall–Kier alpha value is -2.92. The summed E-state index contributed by atoms with van der Waals surface area (Å²) in [4.78, 5) is 13.5. The summed E-state index contributed by atoms with van der Waals surface area (Å²) in [6, 6.07) is 13.5. The Morgan fingerprint density at radius 1 is 1.21 bits per heavy atom. The van der Waals surface area contributed by atoms with Crippen molar-refractivity contribution < 1.29 is 9.21 Å². The summed E-state index contributed by atoms with van der Waals surface area (Å²) >= 11 is 1.56. The fourth-order valence-corrected chi connectivity index (χ4v) is 3.17. The van der Waals surface area contributed by atoms with Gasteiger partial charge in [-0.25, -0.2) is 5.43 Å². The van der Waals surface area contributed by atoms with Crippen LogP contribution in [0.2, 0.25) is 0 Å². The molecule has 2 aromatic heterocycles. The molecule has 3 aromatic rings. The second-order valence-electron chi connectivity index (χ2n) is 5.04. The number of furan rings is 1. The maximum Gasteiger partial charge on any atom is 0.272 e. The van der Waals surface area contributed by atoms with Crippen molar-refractivity contribution in [3.05, 3.63) is 76.4 Å². The third-order valence-electron chi connectivity index (χ3n) is 3.41. The molecule has 4 nitrogen and oxygen atoms in total. The molecule has 0 unspecified atom stereocenters. The summed E-state index contributed by atoms with van der Waals surface area (Å²) < 4.78 is 5.16. The molecule has 120 valence electrons. The molecule has 0 aliphatic carbocycles. The van der Waals surface area contributed by atoms with E-state index < -0.39 is 0 Å². The number of carbonyl (C=O) groups excluding carboxylic acids is 1. The van der Waals surface area contributed by atoms with Crippen LogP contribution in [-0.2, 0) is 0 Å². The largest absolute Gasteiger partial charge is 0.465 e. The molecule has 3 rings (SSSR count). The summed E-state index contributed by atoms with van der Waals surface area (Å²) in [5, 5.41) is 5.81. The number of thiophene rings is 1. The van der Waals surface area contributed by atoms with Crippen LogP contribution in [-0.4, -0.2) is 12.1 Å². The Labute approximate surface area is 144 Å². The van der Waals surface area contributed by atoms with Crippen LogP contribution in [0.25, 0.3) is 17.2 Å². The fourth-order valence-electron chi connectivity index (χ4n) is 2.31. The Kier molecular flexibility index (Phi) is 5.03. The van der Waals surface area contributed by atoms with Gasteiger partial charge >= 0.3 is 0 Å². The molecule has 0 fully saturated rings. The van der Waals surface area contributed by atoms with Crippen LogP contribution in [0.1, 0.15) is 21.0 Å². The summed E-state index contributed by atoms with van der Waals surface area (Å²) in [6.07, 6.45) is 6.58. The van der Waals surface area contributed by atoms with Gasteiger partial charge in [0.15, 0.2) is 0 Å². The standard InChI is InChI=1S/C19H16N2O2S/c1-14-18(15-7-3-2-4-8-15)17(13-24-14)19(22)21-20-11-5-9-16-10-6-12-23-16/h2-13H,1H3,(H,21,22). The van der Waals surface area contributed by atoms with E-state index in [2.05, 4.69) is 10.5 Å². The van der Waals surface area contributed by atoms with Gasteiger partial charge in [-0.15, -0.1) is 11.3 Å². The molecule has 5 heteroatoms. The molecule has 0 bridgehead atoms. The molecule has 0 radical (unpaired) electrons. The number of allylic oxidation sites excluding steroid dienone is 1. The second kappa shape index (κ2) is 7.57. The van der Waals surface area contributed by atoms with Crippen molar-refractivity contribution in [2.24, 2.45) is 5.10 Å². The van der Waals surface area contributed by atoms with Crippen molar-refractivity contribution in [3.63, 3.8) is 0 Å². The molecule has 0 atom stereocenters. The molecule has 0 spiro atoms. The minimum Gasteiger partial charge on any atom is -0.465 e. The molecule has 24 heavy (non-hydrogen) atoms. The zero-order valence-electron chi connectivity index (χ0n) is 13.1. The molecular weight excluding hydrogens is 320 g/mol. The molecule has 1 N–H and O–H groups in total. The van der Waals surface area contributed by atoms with Gasteiger partial charge in [0.1, 0.15) is 5.76 Å². The first-order valence-electron chi connectivity index (χ1n) is 7.43. The Bertz CT molecular complexity index is 862. The average molecular weight is 336 g/mol. The van der Waals surface area contributed by atoms with Crippen LogP contribution >= 0.6 is 11.3 Å². The highest BCUT2D eigenvalue weighted by Crippen LogP contribution is 2.32. The number of rotatable bonds is 5. The summed E-state index contributed by atoms with van der Waals surface area (Å²) in [7, 11) is 0. The number of hydrazone groups is 1. The molecule has 1 amide bonds. The van der Waals surface area contributed by atoms with E-state index >= 15 is 0 Å². The van der Waals surface area contributed by atoms with Crippen molar-refractivity contribution >= 4 is 29.5 Å². The first-order valence-corrected chi connectivity index (χ1v) is 8.31. The lowest BCUT2D eigenvalue weighted by atomic mass is 10.0. The third kappa shape index (κ3) is 3.70. The van der Waals surface area contributed by atoms with Crippen LogP contribution < -0.4 is 5.43 Å². The van der Waals surface area contributed by atoms with Crippen molar-refractivity contribution in [3.8, 4) is 11.1 Å². The predicted molar refractivity (Wildman–Crippen MR) is 98.2 cm³/mol. The van der Waals surface area contributed by atoms with E-state index in [1.165, 1.54) is 6.21 Å². The molecular formula is C19H16N2O2S. The summed E-state index contributed by atoms with van der Waals surface area (Å²) in [6.45, 7) is 2.01. The maximum atomic E-state index is 12.4. The van der Waals surface area contributed by atoms with E-state index in [9.17, 15) is 4.79 Å². The van der Waals surface area contributed by atoms with Crippen LogP contribution in [0.4, 0.5) is 0 Å². The zero-order valence-corrected chi connectivity index (χ0v) is 13.9. The van der Waals surface area contributed by atoms with Gasteiger partial charge < -0.3 is 4.42 Å². The summed E-state index contributed by atoms with van der Waals surface area (Å²) in [5.74, 6) is 0.508. The van der Waals surface area contributed by atoms with Crippen LogP contribution in [0.3, 0.4) is 0 Å². The van der Waals surface area contributed by atoms with Gasteiger partial charge in [0.05, 0.1) is 11.8 Å². The minimum atomic E-state index is -0.221. The van der Waals surface area contributed by atoms with Crippen LogP contribution in [0.15, 0.2) is 69.7 Å². The Morgan fingerprint density at radius 3 is 2.79 bits per heavy atom. The first-order chi connectivity index (χ1) is 11.8. The first kappa shape index (κ1) is 16.0. The van der Waals surface area contributed by atoms with Crippen molar-refractivity contribution in [1.29, 1.82) is 0 Å². The van der Waals surface area contributed by atoms with E-state index in [4.69, 9.17) is 4.42 Å². The van der Waals surface area contributed by atoms with E-state index in [-0.39, 0.29) is 5.91 Å². The van der Waals surface area contributed by atoms with Crippen molar-refractivity contribution in [2.45, 2.75) is 6.92 Å². The Balaban J connectivity index is 1.70. The number of hydrogen-bond donors (Lipinski definition) is 1. The molecule has 2 heterocycles. The topological polar surface area (TPSA) is 54.6 Å². The zero-order chi connectivity index (χ0) is 16.8. The fraction of sp³-hybridized carbons (Fsp3) is 0.0526. The lowest BCUT2D eigenvalue weighted by molar-refractivity contribution is 0.0956. The van der Waals surface area contributed by atoms with Crippen molar-refractivity contribution in [1.82, 2.24) is 5.43 Å². The highest BCUT2D eigenvalue weighted by Gasteiger charge is 2.16. The number of benzene rings is 1. The lowest BCUT2D eigenvalue weighted by Crippen LogP contribution is -2.17. The molecule has 0 aliphatic rings. The van der Waals surface area contributed by atoms with E-state index in [1.807, 2.05) is 54.8 Å². The monoisotopic (exact) mass is 336 g/mol. The SMILES string of the molecule is Cc1scc(C(=O)NN=CC=Cc2ccco2)c1-c1ccccc1. The highest BCUT2D eigenvalue weighted by molar-refractivity contribution is 7.10. The lowest BCUT2D eigenvalue weighted by Gasteiger charge is -2.04. The quantitative estimate of drug-likeness (QED) is 0.540. The number of amides is 1. The van der Waals surface area contributed by atoms with Crippen LogP contribution in [0, 0.1) is 6.92 Å². The number of carbonyl (C=O) groups is 1. The number of aryl methyl sites for hydroxylation is 1. The summed E-state index contributed by atoms with van der Waals surface area (Å²) in [5.41, 5.74) is 5.18. The van der Waals surface area contributed by atoms with Gasteiger partial charge in [-0.1, -0.05) is 30.3 Å². The molecule has 1 aromatic carbocycles. The Morgan fingerprint density at radius 2 is 2.04 bits per heavy atom. The van der Waals surface area contributed by atoms with Gasteiger partial charge in [-0.05, 0) is 36.8 Å². The van der Waals surface area contributed by atoms with E-state index in [0.717, 1.165) is 21.8 Å². The smallest absolute Gasteiger partial charge is 0.272 e. The molecule has 0 saturated heterocycles. The van der Waals surface area contributed by atoms with Gasteiger partial charge in [0, 0.05) is 22.0 Å². The van der Waals surface area contributed by atoms with E-state index in [1.54, 1.807) is 29.8 Å². The predicted octanol–water partition coefficient (Wildman–Crippen LogP) is 4.75. The highest BCUT2D eigenvalue weighted by atomic mass is 32.1. The van der Waals surface area contributed by atoms with Crippen molar-refractivity contribution in [2.75, 3.05) is 0 Å². The molecule has 0 saturated carbocycles. The average Bonchev–Trinajstić information content (AvgIpc) is 3.24. The van der Waals surface area contributed by atoms with Gasteiger partial charge in [0.2, 0.25) is 0 Å². The normalized spacial score (nSPS) is 11.4. The maximum absolute atomic E-state index is 12.4. The second-order valence-corrected chi connectivity index (χ2v) is 6.12. The number of hydrogen-bond acceptors (Lipinski definition) is 4. The van der Waals surface area contributed by atoms with E-state index in [0.29, 0.717) is 5.56 Å². The van der Waals surface area contributed by atoms with Crippen LogP contribution in [0.5, 0.6) is 0 Å². The minimum absolute atomic E-state index is 0.221. The van der Waals surface area contributed by atoms with Gasteiger partial charge in [0.25, 0.3) is 5.91 Å². The van der Waals surface area contributed by atoms with Gasteiger partial charge in [-0.3, -0.25) is 4.79 Å². The number of nitrogens with zero attached hydrogens (tertiary/aromatic N) is 1.